The number of anilines is 1. The number of hydrogen-bond acceptors (Lipinski definition) is 3. The number of benzene rings is 2. The van der Waals surface area contributed by atoms with E-state index in [9.17, 15) is 4.79 Å². The number of nitrogens with one attached hydrogen (secondary N) is 1. The van der Waals surface area contributed by atoms with Gasteiger partial charge in [-0.1, -0.05) is 12.1 Å². The Morgan fingerprint density at radius 3 is 2.45 bits per heavy atom. The second kappa shape index (κ2) is 5.69. The standard InChI is InChI=1S/C16H11N3O/c1-11-5-6-13(10-18)8-15(11)19-16(20)14-4-2-3-12(7-14)9-17/h2-8H,1H3,(H,19,20). The van der Waals surface area contributed by atoms with Crippen molar-refractivity contribution in [2.24, 2.45) is 0 Å². The minimum Gasteiger partial charge on any atom is -0.322 e. The fourth-order valence-corrected chi connectivity index (χ4v) is 1.75. The van der Waals surface area contributed by atoms with Gasteiger partial charge < -0.3 is 5.32 Å². The molecule has 0 aliphatic rings. The Labute approximate surface area is 116 Å². The van der Waals surface area contributed by atoms with E-state index in [0.717, 1.165) is 5.56 Å². The van der Waals surface area contributed by atoms with Crippen LogP contribution in [0.5, 0.6) is 0 Å². The van der Waals surface area contributed by atoms with E-state index in [1.807, 2.05) is 19.1 Å². The van der Waals surface area contributed by atoms with Crippen LogP contribution >= 0.6 is 0 Å². The van der Waals surface area contributed by atoms with Crippen molar-refractivity contribution in [2.75, 3.05) is 5.32 Å². The molecule has 0 saturated carbocycles. The highest BCUT2D eigenvalue weighted by atomic mass is 16.1. The molecule has 0 fully saturated rings. The van der Waals surface area contributed by atoms with Crippen molar-refractivity contribution in [2.45, 2.75) is 6.92 Å². The molecular weight excluding hydrogens is 250 g/mol. The SMILES string of the molecule is Cc1ccc(C#N)cc1NC(=O)c1cccc(C#N)c1. The van der Waals surface area contributed by atoms with Crippen molar-refractivity contribution in [1.82, 2.24) is 0 Å². The third-order valence-corrected chi connectivity index (χ3v) is 2.87. The second-order valence-corrected chi connectivity index (χ2v) is 4.29. The molecule has 1 N–H and O–H groups in total. The topological polar surface area (TPSA) is 76.7 Å². The molecule has 2 rings (SSSR count). The molecule has 20 heavy (non-hydrogen) atoms. The summed E-state index contributed by atoms with van der Waals surface area (Å²) < 4.78 is 0. The third kappa shape index (κ3) is 2.82. The molecule has 0 radical (unpaired) electrons. The Hall–Kier alpha value is -3.11. The minimum absolute atomic E-state index is 0.305. The summed E-state index contributed by atoms with van der Waals surface area (Å²) in [7, 11) is 0. The number of hydrogen-bond donors (Lipinski definition) is 1. The molecule has 1 amide bonds. The molecule has 0 atom stereocenters. The smallest absolute Gasteiger partial charge is 0.255 e. The van der Waals surface area contributed by atoms with Crippen molar-refractivity contribution in [3.8, 4) is 12.1 Å². The first kappa shape index (κ1) is 13.3. The molecule has 0 aromatic heterocycles. The molecule has 2 aromatic rings. The first-order chi connectivity index (χ1) is 9.63. The first-order valence-corrected chi connectivity index (χ1v) is 5.96. The van der Waals surface area contributed by atoms with E-state index in [1.165, 1.54) is 6.07 Å². The third-order valence-electron chi connectivity index (χ3n) is 2.87. The van der Waals surface area contributed by atoms with E-state index < -0.39 is 0 Å². The zero-order valence-electron chi connectivity index (χ0n) is 10.8. The number of nitriles is 2. The molecule has 4 nitrogen and oxygen atoms in total. The van der Waals surface area contributed by atoms with Gasteiger partial charge in [-0.2, -0.15) is 10.5 Å². The van der Waals surface area contributed by atoms with Crippen molar-refractivity contribution < 1.29 is 4.79 Å². The lowest BCUT2D eigenvalue weighted by Gasteiger charge is -2.08. The van der Waals surface area contributed by atoms with Gasteiger partial charge in [-0.15, -0.1) is 0 Å². The molecule has 0 heterocycles. The molecule has 0 unspecified atom stereocenters. The number of amides is 1. The van der Waals surface area contributed by atoms with Crippen molar-refractivity contribution in [3.05, 3.63) is 64.7 Å². The summed E-state index contributed by atoms with van der Waals surface area (Å²) in [5.74, 6) is -0.305. The number of rotatable bonds is 2. The molecule has 0 saturated heterocycles. The molecule has 2 aromatic carbocycles. The van der Waals surface area contributed by atoms with Crippen molar-refractivity contribution in [1.29, 1.82) is 10.5 Å². The zero-order chi connectivity index (χ0) is 14.5. The van der Waals surface area contributed by atoms with Crippen LogP contribution in [0.25, 0.3) is 0 Å². The highest BCUT2D eigenvalue weighted by Crippen LogP contribution is 2.17. The number of nitrogens with zero attached hydrogens (tertiary/aromatic N) is 2. The van der Waals surface area contributed by atoms with Crippen LogP contribution in [0, 0.1) is 29.6 Å². The van der Waals surface area contributed by atoms with Crippen molar-refractivity contribution in [3.63, 3.8) is 0 Å². The van der Waals surface area contributed by atoms with Crippen LogP contribution in [0.3, 0.4) is 0 Å². The van der Waals surface area contributed by atoms with Gasteiger partial charge in [0.25, 0.3) is 5.91 Å². The van der Waals surface area contributed by atoms with Crippen LogP contribution < -0.4 is 5.32 Å². The zero-order valence-corrected chi connectivity index (χ0v) is 10.8. The Morgan fingerprint density at radius 1 is 1.05 bits per heavy atom. The Morgan fingerprint density at radius 2 is 1.75 bits per heavy atom. The Kier molecular flexibility index (Phi) is 3.79. The van der Waals surface area contributed by atoms with Gasteiger partial charge in [0.1, 0.15) is 0 Å². The lowest BCUT2D eigenvalue weighted by molar-refractivity contribution is 0.102. The highest BCUT2D eigenvalue weighted by Gasteiger charge is 2.09. The van der Waals surface area contributed by atoms with E-state index in [1.54, 1.807) is 36.4 Å². The lowest BCUT2D eigenvalue weighted by atomic mass is 10.1. The molecule has 96 valence electrons. The maximum absolute atomic E-state index is 12.1. The van der Waals surface area contributed by atoms with Crippen LogP contribution in [0.15, 0.2) is 42.5 Å². The molecule has 0 aliphatic heterocycles. The first-order valence-electron chi connectivity index (χ1n) is 5.96. The quantitative estimate of drug-likeness (QED) is 0.902. The van der Waals surface area contributed by atoms with Crippen molar-refractivity contribution >= 4 is 11.6 Å². The molecule has 0 bridgehead atoms. The van der Waals surface area contributed by atoms with Crippen LogP contribution in [-0.4, -0.2) is 5.91 Å². The van der Waals surface area contributed by atoms with E-state index in [-0.39, 0.29) is 5.91 Å². The molecule has 4 heteroatoms. The molecule has 0 aliphatic carbocycles. The van der Waals surface area contributed by atoms with Gasteiger partial charge >= 0.3 is 0 Å². The van der Waals surface area contributed by atoms with Crippen LogP contribution in [0.1, 0.15) is 27.0 Å². The summed E-state index contributed by atoms with van der Waals surface area (Å²) in [5, 5.41) is 20.5. The highest BCUT2D eigenvalue weighted by molar-refractivity contribution is 6.04. The maximum atomic E-state index is 12.1. The van der Waals surface area contributed by atoms with Gasteiger partial charge in [0.15, 0.2) is 0 Å². The predicted molar refractivity (Wildman–Crippen MR) is 75.0 cm³/mol. The van der Waals surface area contributed by atoms with Gasteiger partial charge in [-0.3, -0.25) is 4.79 Å². The average molecular weight is 261 g/mol. The summed E-state index contributed by atoms with van der Waals surface area (Å²) in [4.78, 5) is 12.1. The number of aryl methyl sites for hydroxylation is 1. The number of carbonyl (C=O) groups excluding carboxylic acids is 1. The predicted octanol–water partition coefficient (Wildman–Crippen LogP) is 2.99. The summed E-state index contributed by atoms with van der Waals surface area (Å²) in [6, 6.07) is 15.6. The summed E-state index contributed by atoms with van der Waals surface area (Å²) in [6.07, 6.45) is 0. The summed E-state index contributed by atoms with van der Waals surface area (Å²) >= 11 is 0. The lowest BCUT2D eigenvalue weighted by Crippen LogP contribution is -2.13. The van der Waals surface area contributed by atoms with E-state index >= 15 is 0 Å². The molecular formula is C16H11N3O. The van der Waals surface area contributed by atoms with Gasteiger partial charge in [-0.05, 0) is 42.8 Å². The van der Waals surface area contributed by atoms with Crippen LogP contribution in [-0.2, 0) is 0 Å². The molecule has 0 spiro atoms. The monoisotopic (exact) mass is 261 g/mol. The second-order valence-electron chi connectivity index (χ2n) is 4.29. The fourth-order valence-electron chi connectivity index (χ4n) is 1.75. The number of carbonyl (C=O) groups is 1. The van der Waals surface area contributed by atoms with E-state index in [2.05, 4.69) is 5.32 Å². The minimum atomic E-state index is -0.305. The average Bonchev–Trinajstić information content (AvgIpc) is 2.49. The Balaban J connectivity index is 2.28. The maximum Gasteiger partial charge on any atom is 0.255 e. The van der Waals surface area contributed by atoms with E-state index in [0.29, 0.717) is 22.4 Å². The van der Waals surface area contributed by atoms with Crippen LogP contribution in [0.2, 0.25) is 0 Å². The van der Waals surface area contributed by atoms with E-state index in [4.69, 9.17) is 10.5 Å². The largest absolute Gasteiger partial charge is 0.322 e. The normalized spacial score (nSPS) is 9.35. The van der Waals surface area contributed by atoms with Gasteiger partial charge in [0.2, 0.25) is 0 Å². The van der Waals surface area contributed by atoms with Gasteiger partial charge in [0, 0.05) is 11.3 Å². The van der Waals surface area contributed by atoms with Crippen LogP contribution in [0.4, 0.5) is 5.69 Å². The Bertz CT molecular complexity index is 751. The van der Waals surface area contributed by atoms with Gasteiger partial charge in [-0.25, -0.2) is 0 Å². The van der Waals surface area contributed by atoms with Gasteiger partial charge in [0.05, 0.1) is 23.3 Å². The summed E-state index contributed by atoms with van der Waals surface area (Å²) in [5.41, 5.74) is 2.79. The summed E-state index contributed by atoms with van der Waals surface area (Å²) in [6.45, 7) is 1.85. The fraction of sp³-hybridized carbons (Fsp3) is 0.0625.